The molecule has 2 aliphatic heterocycles. The van der Waals surface area contributed by atoms with Crippen LogP contribution in [0.3, 0.4) is 0 Å². The summed E-state index contributed by atoms with van der Waals surface area (Å²) in [7, 11) is 4.43. The van der Waals surface area contributed by atoms with E-state index >= 15 is 0 Å². The lowest BCUT2D eigenvalue weighted by Gasteiger charge is -2.29. The second-order valence-electron chi connectivity index (χ2n) is 6.80. The predicted octanol–water partition coefficient (Wildman–Crippen LogP) is 1.79. The van der Waals surface area contributed by atoms with Crippen LogP contribution in [0.2, 0.25) is 0 Å². The van der Waals surface area contributed by atoms with Gasteiger partial charge in [0, 0.05) is 31.2 Å². The zero-order valence-corrected chi connectivity index (χ0v) is 12.7. The Morgan fingerprint density at radius 3 is 2.67 bits per heavy atom. The van der Waals surface area contributed by atoms with Gasteiger partial charge in [0.2, 0.25) is 0 Å². The van der Waals surface area contributed by atoms with Crippen molar-refractivity contribution >= 4 is 0 Å². The highest BCUT2D eigenvalue weighted by molar-refractivity contribution is 4.96. The fourth-order valence-electron chi connectivity index (χ4n) is 3.63. The molecule has 0 spiro atoms. The Morgan fingerprint density at radius 1 is 1.22 bits per heavy atom. The predicted molar refractivity (Wildman–Crippen MR) is 77.9 cm³/mol. The largest absolute Gasteiger partial charge is 0.311 e. The Morgan fingerprint density at radius 2 is 2.00 bits per heavy atom. The number of nitrogens with zero attached hydrogens (tertiary/aromatic N) is 2. The summed E-state index contributed by atoms with van der Waals surface area (Å²) < 4.78 is 0. The molecule has 2 fully saturated rings. The Kier molecular flexibility index (Phi) is 5.05. The van der Waals surface area contributed by atoms with Crippen LogP contribution in [-0.4, -0.2) is 61.7 Å². The van der Waals surface area contributed by atoms with Crippen LogP contribution in [0.25, 0.3) is 0 Å². The van der Waals surface area contributed by atoms with Gasteiger partial charge in [-0.25, -0.2) is 0 Å². The smallest absolute Gasteiger partial charge is 0.0250 e. The minimum Gasteiger partial charge on any atom is -0.311 e. The second kappa shape index (κ2) is 6.36. The molecule has 2 heterocycles. The van der Waals surface area contributed by atoms with Crippen LogP contribution in [0.5, 0.6) is 0 Å². The van der Waals surface area contributed by atoms with Crippen LogP contribution in [-0.2, 0) is 0 Å². The molecule has 1 N–H and O–H groups in total. The van der Waals surface area contributed by atoms with Crippen molar-refractivity contribution in [3.05, 3.63) is 0 Å². The molecule has 0 radical (unpaired) electrons. The van der Waals surface area contributed by atoms with E-state index in [9.17, 15) is 0 Å². The Bertz CT molecular complexity index is 250. The summed E-state index contributed by atoms with van der Waals surface area (Å²) in [4.78, 5) is 5.07. The van der Waals surface area contributed by atoms with Gasteiger partial charge in [-0.2, -0.15) is 0 Å². The van der Waals surface area contributed by atoms with Gasteiger partial charge in [-0.15, -0.1) is 0 Å². The normalized spacial score (nSPS) is 30.3. The van der Waals surface area contributed by atoms with Crippen LogP contribution in [0, 0.1) is 5.92 Å². The summed E-state index contributed by atoms with van der Waals surface area (Å²) in [6, 6.07) is 2.27. The van der Waals surface area contributed by atoms with Crippen LogP contribution in [0.1, 0.15) is 39.5 Å². The maximum Gasteiger partial charge on any atom is 0.0250 e. The van der Waals surface area contributed by atoms with E-state index in [4.69, 9.17) is 0 Å². The SMILES string of the molecule is CC(C)CC(CNC1CCN2CCCC12)N(C)C. The van der Waals surface area contributed by atoms with Gasteiger partial charge in [-0.3, -0.25) is 4.90 Å². The highest BCUT2D eigenvalue weighted by atomic mass is 15.2. The molecule has 2 saturated heterocycles. The van der Waals surface area contributed by atoms with E-state index in [-0.39, 0.29) is 0 Å². The average Bonchev–Trinajstić information content (AvgIpc) is 2.86. The van der Waals surface area contributed by atoms with E-state index in [1.807, 2.05) is 0 Å². The van der Waals surface area contributed by atoms with E-state index in [0.717, 1.165) is 24.5 Å². The number of hydrogen-bond donors (Lipinski definition) is 1. The molecule has 0 saturated carbocycles. The van der Waals surface area contributed by atoms with Crippen molar-refractivity contribution in [1.29, 1.82) is 0 Å². The van der Waals surface area contributed by atoms with Gasteiger partial charge in [-0.1, -0.05) is 13.8 Å². The monoisotopic (exact) mass is 253 g/mol. The third kappa shape index (κ3) is 3.46. The first-order valence-corrected chi connectivity index (χ1v) is 7.71. The quantitative estimate of drug-likeness (QED) is 0.778. The first-order chi connectivity index (χ1) is 8.58. The molecular weight excluding hydrogens is 222 g/mol. The zero-order valence-electron chi connectivity index (χ0n) is 12.7. The van der Waals surface area contributed by atoms with Gasteiger partial charge in [0.1, 0.15) is 0 Å². The van der Waals surface area contributed by atoms with Crippen molar-refractivity contribution in [3.8, 4) is 0 Å². The second-order valence-corrected chi connectivity index (χ2v) is 6.80. The molecule has 0 bridgehead atoms. The molecule has 0 aromatic heterocycles. The van der Waals surface area contributed by atoms with Crippen LogP contribution >= 0.6 is 0 Å². The fourth-order valence-corrected chi connectivity index (χ4v) is 3.63. The number of nitrogens with one attached hydrogen (secondary N) is 1. The van der Waals surface area contributed by atoms with Gasteiger partial charge in [-0.05, 0) is 52.2 Å². The summed E-state index contributed by atoms with van der Waals surface area (Å²) in [6.45, 7) is 8.46. The highest BCUT2D eigenvalue weighted by Gasteiger charge is 2.36. The fraction of sp³-hybridized carbons (Fsp3) is 1.00. The van der Waals surface area contributed by atoms with Crippen molar-refractivity contribution in [2.45, 2.75) is 57.7 Å². The molecule has 2 rings (SSSR count). The van der Waals surface area contributed by atoms with E-state index < -0.39 is 0 Å². The van der Waals surface area contributed by atoms with Crippen molar-refractivity contribution < 1.29 is 0 Å². The first-order valence-electron chi connectivity index (χ1n) is 7.71. The van der Waals surface area contributed by atoms with Gasteiger partial charge in [0.25, 0.3) is 0 Å². The van der Waals surface area contributed by atoms with Crippen LogP contribution in [0.15, 0.2) is 0 Å². The molecule has 18 heavy (non-hydrogen) atoms. The summed E-state index contributed by atoms with van der Waals surface area (Å²) in [5.74, 6) is 0.783. The molecule has 2 aliphatic rings. The van der Waals surface area contributed by atoms with Crippen molar-refractivity contribution in [1.82, 2.24) is 15.1 Å². The highest BCUT2D eigenvalue weighted by Crippen LogP contribution is 2.27. The van der Waals surface area contributed by atoms with Crippen LogP contribution < -0.4 is 5.32 Å². The van der Waals surface area contributed by atoms with E-state index in [1.165, 1.54) is 38.8 Å². The topological polar surface area (TPSA) is 18.5 Å². The number of hydrogen-bond acceptors (Lipinski definition) is 3. The lowest BCUT2D eigenvalue weighted by Crippen LogP contribution is -2.46. The minimum atomic E-state index is 0.681. The molecule has 0 aliphatic carbocycles. The summed E-state index contributed by atoms with van der Waals surface area (Å²) >= 11 is 0. The third-order valence-corrected chi connectivity index (χ3v) is 4.70. The van der Waals surface area contributed by atoms with E-state index in [0.29, 0.717) is 6.04 Å². The summed E-state index contributed by atoms with van der Waals surface area (Å²) in [5.41, 5.74) is 0. The Balaban J connectivity index is 1.78. The molecule has 3 unspecified atom stereocenters. The molecule has 3 atom stereocenters. The maximum absolute atomic E-state index is 3.86. The number of rotatable bonds is 6. The Labute approximate surface area is 113 Å². The van der Waals surface area contributed by atoms with Crippen molar-refractivity contribution in [2.75, 3.05) is 33.7 Å². The van der Waals surface area contributed by atoms with Gasteiger partial charge in [0.15, 0.2) is 0 Å². The van der Waals surface area contributed by atoms with Gasteiger partial charge in [0.05, 0.1) is 0 Å². The minimum absolute atomic E-state index is 0.681. The van der Waals surface area contributed by atoms with Crippen LogP contribution in [0.4, 0.5) is 0 Å². The third-order valence-electron chi connectivity index (χ3n) is 4.70. The standard InChI is InChI=1S/C15H31N3/c1-12(2)10-13(17(3)4)11-16-14-7-9-18-8-5-6-15(14)18/h12-16H,5-11H2,1-4H3. The molecule has 3 nitrogen and oxygen atoms in total. The maximum atomic E-state index is 3.86. The summed E-state index contributed by atoms with van der Waals surface area (Å²) in [6.07, 6.45) is 5.47. The van der Waals surface area contributed by atoms with Gasteiger partial charge >= 0.3 is 0 Å². The molecule has 0 aromatic carbocycles. The lowest BCUT2D eigenvalue weighted by atomic mass is 10.0. The van der Waals surface area contributed by atoms with Crippen molar-refractivity contribution in [2.24, 2.45) is 5.92 Å². The van der Waals surface area contributed by atoms with Crippen molar-refractivity contribution in [3.63, 3.8) is 0 Å². The number of fused-ring (bicyclic) bond motifs is 1. The Hall–Kier alpha value is -0.120. The molecular formula is C15H31N3. The lowest BCUT2D eigenvalue weighted by molar-refractivity contribution is 0.230. The summed E-state index contributed by atoms with van der Waals surface area (Å²) in [5, 5.41) is 3.86. The molecule has 0 aromatic rings. The van der Waals surface area contributed by atoms with Gasteiger partial charge < -0.3 is 10.2 Å². The average molecular weight is 253 g/mol. The zero-order chi connectivity index (χ0) is 13.1. The first kappa shape index (κ1) is 14.3. The molecule has 3 heteroatoms. The molecule has 0 amide bonds. The number of likely N-dealkylation sites (N-methyl/N-ethyl adjacent to an activating group) is 1. The van der Waals surface area contributed by atoms with E-state index in [1.54, 1.807) is 0 Å². The molecule has 106 valence electrons. The van der Waals surface area contributed by atoms with E-state index in [2.05, 4.69) is 43.1 Å².